The summed E-state index contributed by atoms with van der Waals surface area (Å²) in [5, 5.41) is 3.62. The van der Waals surface area contributed by atoms with Crippen LogP contribution >= 0.6 is 0 Å². The van der Waals surface area contributed by atoms with E-state index in [1.165, 1.54) is 18.5 Å². The zero-order valence-corrected chi connectivity index (χ0v) is 23.8. The van der Waals surface area contributed by atoms with Crippen LogP contribution in [-0.2, 0) is 4.74 Å². The zero-order chi connectivity index (χ0) is 28.8. The molecule has 4 heterocycles. The second-order valence-corrected chi connectivity index (χ2v) is 11.6. The smallest absolute Gasteiger partial charge is 0.322 e. The van der Waals surface area contributed by atoms with E-state index in [0.29, 0.717) is 60.8 Å². The molecule has 0 unspecified atom stereocenters. The summed E-state index contributed by atoms with van der Waals surface area (Å²) in [7, 11) is 3.49. The largest absolute Gasteiger partial charge is 0.369 e. The van der Waals surface area contributed by atoms with Crippen LogP contribution in [0.5, 0.6) is 0 Å². The standard InChI is InChI=1S/C29H36FN7O3/c1-17-21(11-19(30)12-23(17)34-27(38)37-14-20(15-37)40-29(2,3)4)25-22-13-24(33-26(22)32-16-31-25)18-7-9-36(10-8-18)28(39)35(5)6/h7,11-13,16,20H,8-10,14-15H2,1-6H3,(H,34,38)(H,31,32,33). The van der Waals surface area contributed by atoms with E-state index in [4.69, 9.17) is 4.74 Å². The first-order chi connectivity index (χ1) is 18.9. The highest BCUT2D eigenvalue weighted by molar-refractivity contribution is 5.97. The average molecular weight is 550 g/mol. The van der Waals surface area contributed by atoms with Gasteiger partial charge in [-0.1, -0.05) is 6.08 Å². The summed E-state index contributed by atoms with van der Waals surface area (Å²) < 4.78 is 20.8. The highest BCUT2D eigenvalue weighted by Gasteiger charge is 2.34. The Balaban J connectivity index is 1.38. The van der Waals surface area contributed by atoms with Gasteiger partial charge in [0.15, 0.2) is 0 Å². The first kappa shape index (κ1) is 27.6. The van der Waals surface area contributed by atoms with Gasteiger partial charge in [0, 0.05) is 49.5 Å². The van der Waals surface area contributed by atoms with Crippen molar-refractivity contribution in [3.8, 4) is 11.3 Å². The third-order valence-electron chi connectivity index (χ3n) is 7.16. The average Bonchev–Trinajstić information content (AvgIpc) is 3.31. The number of nitrogens with zero attached hydrogens (tertiary/aromatic N) is 5. The number of hydrogen-bond acceptors (Lipinski definition) is 5. The number of urea groups is 2. The number of H-pyrrole nitrogens is 1. The Kier molecular flexibility index (Phi) is 7.26. The van der Waals surface area contributed by atoms with Crippen molar-refractivity contribution >= 4 is 34.4 Å². The molecule has 4 amide bonds. The second kappa shape index (κ2) is 10.5. The van der Waals surface area contributed by atoms with E-state index in [1.807, 2.05) is 39.8 Å². The summed E-state index contributed by atoms with van der Waals surface area (Å²) >= 11 is 0. The topological polar surface area (TPSA) is 107 Å². The van der Waals surface area contributed by atoms with Crippen LogP contribution < -0.4 is 5.32 Å². The van der Waals surface area contributed by atoms with Gasteiger partial charge in [0.05, 0.1) is 30.5 Å². The maximum Gasteiger partial charge on any atom is 0.322 e. The number of benzene rings is 1. The Hall–Kier alpha value is -3.99. The third kappa shape index (κ3) is 5.65. The number of nitrogens with one attached hydrogen (secondary N) is 2. The molecule has 0 spiro atoms. The van der Waals surface area contributed by atoms with Gasteiger partial charge < -0.3 is 29.7 Å². The maximum atomic E-state index is 14.9. The van der Waals surface area contributed by atoms with Gasteiger partial charge in [-0.2, -0.15) is 0 Å². The zero-order valence-electron chi connectivity index (χ0n) is 23.8. The quantitative estimate of drug-likeness (QED) is 0.483. The summed E-state index contributed by atoms with van der Waals surface area (Å²) in [6, 6.07) is 4.42. The van der Waals surface area contributed by atoms with Crippen LogP contribution in [0.4, 0.5) is 19.7 Å². The van der Waals surface area contributed by atoms with Crippen LogP contribution in [0.25, 0.3) is 27.9 Å². The fraction of sp³-hybridized carbons (Fsp3) is 0.448. The predicted octanol–water partition coefficient (Wildman–Crippen LogP) is 4.87. The Morgan fingerprint density at radius 1 is 1.15 bits per heavy atom. The lowest BCUT2D eigenvalue weighted by atomic mass is 10.00. The lowest BCUT2D eigenvalue weighted by molar-refractivity contribution is -0.110. The molecule has 2 aromatic heterocycles. The summed E-state index contributed by atoms with van der Waals surface area (Å²) in [6.45, 7) is 9.90. The number of fused-ring (bicyclic) bond motifs is 1. The van der Waals surface area contributed by atoms with Crippen LogP contribution in [-0.4, -0.2) is 93.7 Å². The summed E-state index contributed by atoms with van der Waals surface area (Å²) in [5.74, 6) is -0.475. The molecule has 0 aliphatic carbocycles. The third-order valence-corrected chi connectivity index (χ3v) is 7.16. The Morgan fingerprint density at radius 2 is 1.90 bits per heavy atom. The summed E-state index contributed by atoms with van der Waals surface area (Å²) in [5.41, 5.74) is 4.57. The molecule has 1 aromatic carbocycles. The fourth-order valence-corrected chi connectivity index (χ4v) is 5.13. The lowest BCUT2D eigenvalue weighted by Gasteiger charge is -2.41. The van der Waals surface area contributed by atoms with Crippen molar-refractivity contribution < 1.29 is 18.7 Å². The predicted molar refractivity (Wildman–Crippen MR) is 152 cm³/mol. The molecule has 2 N–H and O–H groups in total. The van der Waals surface area contributed by atoms with Crippen molar-refractivity contribution in [1.29, 1.82) is 0 Å². The van der Waals surface area contributed by atoms with Gasteiger partial charge in [0.25, 0.3) is 0 Å². The van der Waals surface area contributed by atoms with Crippen molar-refractivity contribution in [2.45, 2.75) is 45.8 Å². The molecule has 10 nitrogen and oxygen atoms in total. The van der Waals surface area contributed by atoms with Crippen molar-refractivity contribution in [3.63, 3.8) is 0 Å². The van der Waals surface area contributed by atoms with Gasteiger partial charge in [-0.25, -0.2) is 23.9 Å². The van der Waals surface area contributed by atoms with Crippen molar-refractivity contribution in [2.24, 2.45) is 0 Å². The number of halogens is 1. The molecule has 1 fully saturated rings. The molecule has 0 atom stereocenters. The molecule has 40 heavy (non-hydrogen) atoms. The molecule has 2 aliphatic rings. The highest BCUT2D eigenvalue weighted by Crippen LogP contribution is 2.35. The summed E-state index contributed by atoms with van der Waals surface area (Å²) in [6.07, 6.45) is 4.17. The Bertz CT molecular complexity index is 1480. The number of ether oxygens (including phenoxy) is 1. The number of carbonyl (C=O) groups is 2. The van der Waals surface area contributed by atoms with Crippen molar-refractivity contribution in [1.82, 2.24) is 29.7 Å². The van der Waals surface area contributed by atoms with Gasteiger partial charge in [-0.15, -0.1) is 0 Å². The van der Waals surface area contributed by atoms with Gasteiger partial charge >= 0.3 is 12.1 Å². The molecule has 1 saturated heterocycles. The van der Waals surface area contributed by atoms with E-state index >= 15 is 0 Å². The monoisotopic (exact) mass is 549 g/mol. The molecular formula is C29H36FN7O3. The van der Waals surface area contributed by atoms with Crippen LogP contribution in [0.3, 0.4) is 0 Å². The molecule has 0 bridgehead atoms. The van der Waals surface area contributed by atoms with E-state index in [9.17, 15) is 14.0 Å². The molecule has 11 heteroatoms. The molecule has 212 valence electrons. The van der Waals surface area contributed by atoms with Crippen molar-refractivity contribution in [3.05, 3.63) is 47.7 Å². The van der Waals surface area contributed by atoms with Gasteiger partial charge in [-0.05, 0) is 63.5 Å². The normalized spacial score (nSPS) is 16.1. The number of likely N-dealkylation sites (tertiary alicyclic amines) is 1. The maximum absolute atomic E-state index is 14.9. The highest BCUT2D eigenvalue weighted by atomic mass is 19.1. The summed E-state index contributed by atoms with van der Waals surface area (Å²) in [4.78, 5) is 42.4. The molecular weight excluding hydrogens is 513 g/mol. The Labute approximate surface area is 233 Å². The SMILES string of the molecule is Cc1c(NC(=O)N2CC(OC(C)(C)C)C2)cc(F)cc1-c1ncnc2[nH]c(C3=CCN(C(=O)N(C)C)CC3)cc12. The molecule has 2 aliphatic heterocycles. The molecule has 0 saturated carbocycles. The van der Waals surface area contributed by atoms with Crippen LogP contribution in [0.2, 0.25) is 0 Å². The van der Waals surface area contributed by atoms with Gasteiger partial charge in [0.1, 0.15) is 17.8 Å². The number of aromatic nitrogens is 3. The van der Waals surface area contributed by atoms with E-state index in [0.717, 1.165) is 16.7 Å². The van der Waals surface area contributed by atoms with E-state index in [-0.39, 0.29) is 23.8 Å². The van der Waals surface area contributed by atoms with Crippen LogP contribution in [0.1, 0.15) is 38.4 Å². The number of aromatic amines is 1. The first-order valence-electron chi connectivity index (χ1n) is 13.4. The number of amides is 4. The first-order valence-corrected chi connectivity index (χ1v) is 13.4. The second-order valence-electron chi connectivity index (χ2n) is 11.6. The van der Waals surface area contributed by atoms with Gasteiger partial charge in [-0.3, -0.25) is 0 Å². The lowest BCUT2D eigenvalue weighted by Crippen LogP contribution is -2.57. The Morgan fingerprint density at radius 3 is 2.55 bits per heavy atom. The number of anilines is 1. The number of rotatable bonds is 4. The minimum Gasteiger partial charge on any atom is -0.369 e. The minimum atomic E-state index is -0.475. The van der Waals surface area contributed by atoms with E-state index in [2.05, 4.69) is 20.3 Å². The van der Waals surface area contributed by atoms with Crippen LogP contribution in [0, 0.1) is 12.7 Å². The fourth-order valence-electron chi connectivity index (χ4n) is 5.13. The van der Waals surface area contributed by atoms with Crippen molar-refractivity contribution in [2.75, 3.05) is 45.6 Å². The van der Waals surface area contributed by atoms with E-state index < -0.39 is 5.82 Å². The molecule has 3 aromatic rings. The minimum absolute atomic E-state index is 0.0113. The van der Waals surface area contributed by atoms with Gasteiger partial charge in [0.2, 0.25) is 0 Å². The number of hydrogen-bond donors (Lipinski definition) is 2. The molecule has 0 radical (unpaired) electrons. The number of carbonyl (C=O) groups excluding carboxylic acids is 2. The van der Waals surface area contributed by atoms with E-state index in [1.54, 1.807) is 28.8 Å². The van der Waals surface area contributed by atoms with Crippen LogP contribution in [0.15, 0.2) is 30.6 Å². The molecule has 5 rings (SSSR count).